The largest absolute Gasteiger partial charge is 3.00 e. The summed E-state index contributed by atoms with van der Waals surface area (Å²) in [6.07, 6.45) is 4.44. The van der Waals surface area contributed by atoms with Gasteiger partial charge in [0.1, 0.15) is 0 Å². The zero-order valence-corrected chi connectivity index (χ0v) is 9.28. The van der Waals surface area contributed by atoms with Crippen molar-refractivity contribution in [3.63, 3.8) is 0 Å². The van der Waals surface area contributed by atoms with Crippen molar-refractivity contribution in [3.8, 4) is 0 Å². The van der Waals surface area contributed by atoms with E-state index in [2.05, 4.69) is 21.9 Å². The summed E-state index contributed by atoms with van der Waals surface area (Å²) in [7, 11) is 1.71. The Hall–Kier alpha value is 0.174. The van der Waals surface area contributed by atoms with Gasteiger partial charge in [0.05, 0.1) is 0 Å². The van der Waals surface area contributed by atoms with E-state index in [9.17, 15) is 0 Å². The Bertz CT molecular complexity index is 128. The minimum Gasteiger partial charge on any atom is -0.410 e. The van der Waals surface area contributed by atoms with Crippen LogP contribution in [0.5, 0.6) is 0 Å². The van der Waals surface area contributed by atoms with Crippen molar-refractivity contribution in [2.24, 2.45) is 7.05 Å². The van der Waals surface area contributed by atoms with Gasteiger partial charge in [-0.25, -0.2) is 6.33 Å². The summed E-state index contributed by atoms with van der Waals surface area (Å²) in [4.78, 5) is 0. The van der Waals surface area contributed by atoms with Crippen molar-refractivity contribution in [1.82, 2.24) is 20.2 Å². The van der Waals surface area contributed by atoms with E-state index in [0.717, 1.165) is 0 Å². The smallest absolute Gasteiger partial charge is 0.410 e. The molecule has 10 heavy (non-hydrogen) atoms. The Kier molecular flexibility index (Phi) is 11.8. The topological polar surface area (TPSA) is 43.6 Å². The van der Waals surface area contributed by atoms with Gasteiger partial charge in [0.2, 0.25) is 0 Å². The van der Waals surface area contributed by atoms with Crippen molar-refractivity contribution >= 4 is 0 Å². The number of hydrogen-bond donors (Lipinski definition) is 0. The van der Waals surface area contributed by atoms with Crippen molar-refractivity contribution in [1.29, 1.82) is 0 Å². The number of hydrogen-bond acceptors (Lipinski definition) is 3. The van der Waals surface area contributed by atoms with E-state index in [-0.39, 0.29) is 32.7 Å². The van der Waals surface area contributed by atoms with E-state index >= 15 is 0 Å². The minimum absolute atomic E-state index is 0. The molecule has 0 aromatic carbocycles. The van der Waals surface area contributed by atoms with Crippen LogP contribution >= 0.6 is 0 Å². The zero-order chi connectivity index (χ0) is 7.11. The van der Waals surface area contributed by atoms with Crippen LogP contribution in [0.15, 0.2) is 0 Å². The standard InChI is InChI=1S/C3H7.C2H3N4.Y/c1-3-2;1-6-2-3-4-5-6;/h3H,1-2H3;1H3;/q2*-1;+3. The average Bonchev–Trinajstić information content (AvgIpc) is 2.20. The van der Waals surface area contributed by atoms with Crippen LogP contribution < -0.4 is 0 Å². The van der Waals surface area contributed by atoms with Crippen molar-refractivity contribution in [2.45, 2.75) is 13.8 Å². The number of tetrazole rings is 1. The fraction of sp³-hybridized carbons (Fsp3) is 0.600. The van der Waals surface area contributed by atoms with Gasteiger partial charge in [0.25, 0.3) is 0 Å². The van der Waals surface area contributed by atoms with Crippen LogP contribution in [-0.2, 0) is 39.8 Å². The van der Waals surface area contributed by atoms with E-state index in [1.807, 2.05) is 20.3 Å². The monoisotopic (exact) mass is 215 g/mol. The van der Waals surface area contributed by atoms with Gasteiger partial charge in [-0.2, -0.15) is 13.8 Å². The second kappa shape index (κ2) is 9.17. The molecular formula is C5H10N4Y+. The summed E-state index contributed by atoms with van der Waals surface area (Å²) in [5.74, 6) is 0. The molecule has 0 amide bonds. The maximum Gasteiger partial charge on any atom is 3.00 e. The molecule has 5 heteroatoms. The first-order valence-corrected chi connectivity index (χ1v) is 2.65. The maximum atomic E-state index is 3.42. The molecule has 0 aliphatic heterocycles. The van der Waals surface area contributed by atoms with Crippen LogP contribution in [0.1, 0.15) is 13.8 Å². The van der Waals surface area contributed by atoms with Crippen LogP contribution in [0.25, 0.3) is 0 Å². The van der Waals surface area contributed by atoms with Gasteiger partial charge in [-0.1, -0.05) is 10.4 Å². The summed E-state index contributed by atoms with van der Waals surface area (Å²) in [5, 5.41) is 9.94. The van der Waals surface area contributed by atoms with Crippen molar-refractivity contribution in [3.05, 3.63) is 12.7 Å². The molecule has 4 nitrogen and oxygen atoms in total. The van der Waals surface area contributed by atoms with Crippen LogP contribution in [0, 0.1) is 12.7 Å². The molecule has 0 aliphatic carbocycles. The Morgan fingerprint density at radius 1 is 1.40 bits per heavy atom. The van der Waals surface area contributed by atoms with Gasteiger partial charge in [-0.05, 0) is 7.05 Å². The molecule has 0 fully saturated rings. The predicted molar refractivity (Wildman–Crippen MR) is 33.3 cm³/mol. The molecule has 0 aliphatic rings. The van der Waals surface area contributed by atoms with E-state index in [1.165, 1.54) is 4.68 Å². The first-order valence-electron chi connectivity index (χ1n) is 2.65. The Labute approximate surface area is 86.3 Å². The van der Waals surface area contributed by atoms with Crippen LogP contribution in [0.4, 0.5) is 0 Å². The maximum absolute atomic E-state index is 3.42. The fourth-order valence-corrected chi connectivity index (χ4v) is 0.185. The number of rotatable bonds is 0. The molecule has 1 rings (SSSR count). The fourth-order valence-electron chi connectivity index (χ4n) is 0.185. The first kappa shape index (κ1) is 12.8. The molecule has 1 aromatic heterocycles. The molecule has 1 aromatic rings. The SMILES string of the molecule is C[CH-]C.Cn1[c-]nnn1.[Y+3]. The van der Waals surface area contributed by atoms with Gasteiger partial charge in [-0.3, -0.25) is 0 Å². The van der Waals surface area contributed by atoms with Crippen LogP contribution in [0.2, 0.25) is 0 Å². The first-order chi connectivity index (χ1) is 4.31. The Morgan fingerprint density at radius 3 is 2.00 bits per heavy atom. The molecule has 0 radical (unpaired) electrons. The minimum atomic E-state index is 0. The van der Waals surface area contributed by atoms with Gasteiger partial charge in [0.15, 0.2) is 0 Å². The third kappa shape index (κ3) is 8.17. The number of nitrogens with zero attached hydrogens (tertiary/aromatic N) is 4. The van der Waals surface area contributed by atoms with Crippen LogP contribution in [-0.4, -0.2) is 20.2 Å². The zero-order valence-electron chi connectivity index (χ0n) is 6.44. The van der Waals surface area contributed by atoms with Gasteiger partial charge < -0.3 is 16.2 Å². The van der Waals surface area contributed by atoms with Gasteiger partial charge in [0, 0.05) is 0 Å². The predicted octanol–water partition coefficient (Wildman–Crippen LogP) is 0.238. The molecule has 0 saturated carbocycles. The second-order valence-electron chi connectivity index (χ2n) is 1.48. The molecule has 0 N–H and O–H groups in total. The van der Waals surface area contributed by atoms with E-state index in [0.29, 0.717) is 0 Å². The van der Waals surface area contributed by atoms with E-state index in [4.69, 9.17) is 0 Å². The summed E-state index contributed by atoms with van der Waals surface area (Å²) >= 11 is 0. The number of aromatic nitrogens is 4. The molecule has 0 spiro atoms. The molecule has 52 valence electrons. The Balaban J connectivity index is 0. The molecule has 0 saturated heterocycles. The number of aryl methyl sites for hydroxylation is 1. The molecule has 0 atom stereocenters. The van der Waals surface area contributed by atoms with Crippen LogP contribution in [0.3, 0.4) is 0 Å². The summed E-state index contributed by atoms with van der Waals surface area (Å²) in [6.45, 7) is 4.00. The molecule has 0 bridgehead atoms. The third-order valence-electron chi connectivity index (χ3n) is 0.408. The average molecular weight is 215 g/mol. The quantitative estimate of drug-likeness (QED) is 0.582. The second-order valence-corrected chi connectivity index (χ2v) is 1.48. The van der Waals surface area contributed by atoms with Gasteiger partial charge in [-0.15, -0.1) is 0 Å². The Morgan fingerprint density at radius 2 is 1.90 bits per heavy atom. The summed E-state index contributed by atoms with van der Waals surface area (Å²) < 4.78 is 1.40. The third-order valence-corrected chi connectivity index (χ3v) is 0.408. The molecule has 1 heterocycles. The molecular weight excluding hydrogens is 205 g/mol. The van der Waals surface area contributed by atoms with E-state index < -0.39 is 0 Å². The van der Waals surface area contributed by atoms with Crippen molar-refractivity contribution in [2.75, 3.05) is 0 Å². The summed E-state index contributed by atoms with van der Waals surface area (Å²) in [6, 6.07) is 0. The van der Waals surface area contributed by atoms with Crippen molar-refractivity contribution < 1.29 is 32.7 Å². The molecule has 0 unspecified atom stereocenters. The van der Waals surface area contributed by atoms with E-state index in [1.54, 1.807) is 7.05 Å². The normalized spacial score (nSPS) is 7.10. The summed E-state index contributed by atoms with van der Waals surface area (Å²) in [5.41, 5.74) is 0. The van der Waals surface area contributed by atoms with Gasteiger partial charge >= 0.3 is 32.7 Å².